The molecule has 0 unspecified atom stereocenters. The summed E-state index contributed by atoms with van der Waals surface area (Å²) < 4.78 is 0. The number of thiol groups is 1. The molecule has 0 saturated carbocycles. The van der Waals surface area contributed by atoms with E-state index >= 15 is 0 Å². The zero-order valence-corrected chi connectivity index (χ0v) is 7.81. The van der Waals surface area contributed by atoms with Gasteiger partial charge in [0.15, 0.2) is 0 Å². The summed E-state index contributed by atoms with van der Waals surface area (Å²) in [6.45, 7) is 3.72. The lowest BCUT2D eigenvalue weighted by Gasteiger charge is -2.29. The fourth-order valence-electron chi connectivity index (χ4n) is 1.34. The highest BCUT2D eigenvalue weighted by molar-refractivity contribution is 7.80. The van der Waals surface area contributed by atoms with Gasteiger partial charge in [0.25, 0.3) is 0 Å². The van der Waals surface area contributed by atoms with Crippen molar-refractivity contribution >= 4 is 18.5 Å². The van der Waals surface area contributed by atoms with Crippen LogP contribution in [0.15, 0.2) is 0 Å². The van der Waals surface area contributed by atoms with Crippen LogP contribution >= 0.6 is 12.6 Å². The van der Waals surface area contributed by atoms with E-state index in [1.807, 2.05) is 11.8 Å². The average molecular weight is 173 g/mol. The van der Waals surface area contributed by atoms with E-state index in [0.29, 0.717) is 11.7 Å². The van der Waals surface area contributed by atoms with E-state index in [1.54, 1.807) is 0 Å². The van der Waals surface area contributed by atoms with Crippen LogP contribution < -0.4 is 0 Å². The predicted octanol–water partition coefficient (Wildman–Crippen LogP) is 1.32. The van der Waals surface area contributed by atoms with Crippen molar-refractivity contribution in [3.63, 3.8) is 0 Å². The van der Waals surface area contributed by atoms with Gasteiger partial charge in [0.2, 0.25) is 5.91 Å². The average Bonchev–Trinajstić information content (AvgIpc) is 2.05. The molecule has 0 atom stereocenters. The molecular formula is C8H15NOS. The second-order valence-electron chi connectivity index (χ2n) is 2.97. The molecule has 0 aliphatic carbocycles. The fourth-order valence-corrected chi connectivity index (χ4v) is 1.57. The number of carbonyl (C=O) groups excluding carboxylic acids is 1. The standard InChI is InChI=1S/C8H15NOS/c1-2-8(10)9-5-3-7(11)4-6-9/h7,11H,2-6H2,1H3. The Labute approximate surface area is 73.4 Å². The van der Waals surface area contributed by atoms with Crippen molar-refractivity contribution in [1.29, 1.82) is 0 Å². The van der Waals surface area contributed by atoms with Gasteiger partial charge in [-0.25, -0.2) is 0 Å². The van der Waals surface area contributed by atoms with E-state index in [-0.39, 0.29) is 5.91 Å². The summed E-state index contributed by atoms with van der Waals surface area (Å²) in [4.78, 5) is 13.1. The zero-order valence-electron chi connectivity index (χ0n) is 6.92. The molecule has 1 heterocycles. The first kappa shape index (κ1) is 8.91. The minimum absolute atomic E-state index is 0.283. The van der Waals surface area contributed by atoms with Crippen LogP contribution in [0.2, 0.25) is 0 Å². The molecule has 1 rings (SSSR count). The molecule has 0 aromatic heterocycles. The van der Waals surface area contributed by atoms with E-state index in [9.17, 15) is 4.79 Å². The molecule has 3 heteroatoms. The summed E-state index contributed by atoms with van der Waals surface area (Å²) in [7, 11) is 0. The smallest absolute Gasteiger partial charge is 0.222 e. The molecule has 1 amide bonds. The Bertz CT molecular complexity index is 141. The maximum absolute atomic E-state index is 11.2. The summed E-state index contributed by atoms with van der Waals surface area (Å²) in [5, 5.41) is 0.510. The molecule has 1 fully saturated rings. The Hall–Kier alpha value is -0.180. The molecule has 64 valence electrons. The maximum Gasteiger partial charge on any atom is 0.222 e. The first-order valence-corrected chi connectivity index (χ1v) is 4.71. The molecule has 1 aliphatic rings. The Morgan fingerprint density at radius 1 is 1.55 bits per heavy atom. The zero-order chi connectivity index (χ0) is 8.27. The minimum atomic E-state index is 0.283. The monoisotopic (exact) mass is 173 g/mol. The van der Waals surface area contributed by atoms with E-state index in [0.717, 1.165) is 25.9 Å². The summed E-state index contributed by atoms with van der Waals surface area (Å²) in [5.41, 5.74) is 0. The number of hydrogen-bond donors (Lipinski definition) is 1. The molecule has 0 spiro atoms. The van der Waals surface area contributed by atoms with Crippen LogP contribution in [0.25, 0.3) is 0 Å². The van der Waals surface area contributed by atoms with Crippen LogP contribution in [0.5, 0.6) is 0 Å². The highest BCUT2D eigenvalue weighted by Gasteiger charge is 2.18. The van der Waals surface area contributed by atoms with Gasteiger partial charge in [0.1, 0.15) is 0 Å². The van der Waals surface area contributed by atoms with Gasteiger partial charge < -0.3 is 4.90 Å². The molecule has 0 bridgehead atoms. The van der Waals surface area contributed by atoms with Gasteiger partial charge in [-0.15, -0.1) is 0 Å². The third kappa shape index (κ3) is 2.40. The van der Waals surface area contributed by atoms with Crippen molar-refractivity contribution in [2.45, 2.75) is 31.4 Å². The summed E-state index contributed by atoms with van der Waals surface area (Å²) in [6.07, 6.45) is 2.74. The Kier molecular flexibility index (Phi) is 3.24. The van der Waals surface area contributed by atoms with Crippen molar-refractivity contribution < 1.29 is 4.79 Å². The van der Waals surface area contributed by atoms with Crippen molar-refractivity contribution in [2.75, 3.05) is 13.1 Å². The lowest BCUT2D eigenvalue weighted by Crippen LogP contribution is -2.38. The van der Waals surface area contributed by atoms with Gasteiger partial charge in [0, 0.05) is 24.8 Å². The Morgan fingerprint density at radius 3 is 2.55 bits per heavy atom. The second-order valence-corrected chi connectivity index (χ2v) is 3.70. The Balaban J connectivity index is 2.33. The number of amides is 1. The predicted molar refractivity (Wildman–Crippen MR) is 48.9 cm³/mol. The first-order valence-electron chi connectivity index (χ1n) is 4.20. The SMILES string of the molecule is CCC(=O)N1CCC(S)CC1. The molecular weight excluding hydrogens is 158 g/mol. The molecule has 1 aliphatic heterocycles. The first-order chi connectivity index (χ1) is 5.24. The van der Waals surface area contributed by atoms with Gasteiger partial charge in [0.05, 0.1) is 0 Å². The molecule has 1 saturated heterocycles. The normalized spacial score (nSPS) is 20.4. The number of carbonyl (C=O) groups is 1. The van der Waals surface area contributed by atoms with Crippen LogP contribution in [0, 0.1) is 0 Å². The highest BCUT2D eigenvalue weighted by Crippen LogP contribution is 2.15. The molecule has 0 N–H and O–H groups in total. The number of hydrogen-bond acceptors (Lipinski definition) is 2. The summed E-state index contributed by atoms with van der Waals surface area (Å²) in [5.74, 6) is 0.283. The van der Waals surface area contributed by atoms with Crippen LogP contribution in [0.4, 0.5) is 0 Å². The van der Waals surface area contributed by atoms with Crippen molar-refractivity contribution in [3.05, 3.63) is 0 Å². The van der Waals surface area contributed by atoms with E-state index < -0.39 is 0 Å². The molecule has 2 nitrogen and oxygen atoms in total. The van der Waals surface area contributed by atoms with Gasteiger partial charge >= 0.3 is 0 Å². The molecule has 0 aromatic carbocycles. The maximum atomic E-state index is 11.2. The van der Waals surface area contributed by atoms with E-state index in [4.69, 9.17) is 0 Å². The van der Waals surface area contributed by atoms with E-state index in [1.165, 1.54) is 0 Å². The van der Waals surface area contributed by atoms with Crippen molar-refractivity contribution in [2.24, 2.45) is 0 Å². The summed E-state index contributed by atoms with van der Waals surface area (Å²) in [6, 6.07) is 0. The quantitative estimate of drug-likeness (QED) is 0.593. The van der Waals surface area contributed by atoms with Gasteiger partial charge in [-0.2, -0.15) is 12.6 Å². The van der Waals surface area contributed by atoms with Gasteiger partial charge in [-0.3, -0.25) is 4.79 Å². The molecule has 0 aromatic rings. The van der Waals surface area contributed by atoms with Crippen LogP contribution in [0.1, 0.15) is 26.2 Å². The van der Waals surface area contributed by atoms with Gasteiger partial charge in [-0.05, 0) is 12.8 Å². The molecule has 0 radical (unpaired) electrons. The van der Waals surface area contributed by atoms with E-state index in [2.05, 4.69) is 12.6 Å². The Morgan fingerprint density at radius 2 is 2.09 bits per heavy atom. The van der Waals surface area contributed by atoms with Crippen LogP contribution in [-0.4, -0.2) is 29.1 Å². The van der Waals surface area contributed by atoms with Crippen molar-refractivity contribution in [3.8, 4) is 0 Å². The third-order valence-corrected chi connectivity index (χ3v) is 2.64. The lowest BCUT2D eigenvalue weighted by molar-refractivity contribution is -0.131. The highest BCUT2D eigenvalue weighted by atomic mass is 32.1. The number of likely N-dealkylation sites (tertiary alicyclic amines) is 1. The molecule has 11 heavy (non-hydrogen) atoms. The number of nitrogens with zero attached hydrogens (tertiary/aromatic N) is 1. The minimum Gasteiger partial charge on any atom is -0.343 e. The lowest BCUT2D eigenvalue weighted by atomic mass is 10.1. The topological polar surface area (TPSA) is 20.3 Å². The second kappa shape index (κ2) is 4.00. The third-order valence-electron chi connectivity index (χ3n) is 2.12. The fraction of sp³-hybridized carbons (Fsp3) is 0.875. The number of piperidine rings is 1. The van der Waals surface area contributed by atoms with Gasteiger partial charge in [-0.1, -0.05) is 6.92 Å². The number of rotatable bonds is 1. The van der Waals surface area contributed by atoms with Crippen LogP contribution in [0.3, 0.4) is 0 Å². The van der Waals surface area contributed by atoms with Crippen molar-refractivity contribution in [1.82, 2.24) is 4.90 Å². The van der Waals surface area contributed by atoms with Crippen LogP contribution in [-0.2, 0) is 4.79 Å². The largest absolute Gasteiger partial charge is 0.343 e. The summed E-state index contributed by atoms with van der Waals surface area (Å²) >= 11 is 4.36.